The van der Waals surface area contributed by atoms with Gasteiger partial charge in [0.15, 0.2) is 0 Å². The summed E-state index contributed by atoms with van der Waals surface area (Å²) in [7, 11) is 0. The molecule has 2 bridgehead atoms. The van der Waals surface area contributed by atoms with Crippen LogP contribution in [-0.4, -0.2) is 18.2 Å². The Labute approximate surface area is 202 Å². The van der Waals surface area contributed by atoms with Crippen LogP contribution in [0.25, 0.3) is 0 Å². The topological polar surface area (TPSA) is 34.1 Å². The molecule has 0 unspecified atom stereocenters. The Morgan fingerprint density at radius 1 is 0.818 bits per heavy atom. The number of halogens is 1. The molecule has 0 N–H and O–H groups in total. The summed E-state index contributed by atoms with van der Waals surface area (Å²) in [5, 5.41) is 0. The molecule has 5 saturated carbocycles. The molecule has 5 aliphatic carbocycles. The van der Waals surface area contributed by atoms with E-state index in [9.17, 15) is 14.0 Å². The molecule has 0 atom stereocenters. The highest BCUT2D eigenvalue weighted by molar-refractivity contribution is 5.81. The minimum atomic E-state index is -0.177. The fourth-order valence-electron chi connectivity index (χ4n) is 8.43. The highest BCUT2D eigenvalue weighted by atomic mass is 19.1. The lowest BCUT2D eigenvalue weighted by molar-refractivity contribution is -0.127. The first kappa shape index (κ1) is 25.4. The molecule has 5 rings (SSSR count). The predicted octanol–water partition coefficient (Wildman–Crippen LogP) is 8.41. The summed E-state index contributed by atoms with van der Waals surface area (Å²) in [5.41, 5.74) is 1.03. The van der Waals surface area contributed by atoms with Crippen LogP contribution >= 0.6 is 0 Å². The highest BCUT2D eigenvalue weighted by Crippen LogP contribution is 2.63. The standard InChI is InChI=1S/C30H49FO2/c1-2-27(32)13-14-29-15-18-30(19-16-29,20-17-29)26-11-9-25(10-12-26)28(33)22-24-7-5-23(6-8-24)4-3-21-31/h23-26H,2-22H2,1H3/t23-,24-,25-,26-,29?,30?. The van der Waals surface area contributed by atoms with E-state index in [0.717, 1.165) is 50.9 Å². The van der Waals surface area contributed by atoms with Crippen molar-refractivity contribution in [3.63, 3.8) is 0 Å². The average molecular weight is 461 g/mol. The van der Waals surface area contributed by atoms with Gasteiger partial charge in [-0.2, -0.15) is 0 Å². The largest absolute Gasteiger partial charge is 0.300 e. The number of carbonyl (C=O) groups excluding carboxylic acids is 2. The van der Waals surface area contributed by atoms with Gasteiger partial charge in [0.25, 0.3) is 0 Å². The van der Waals surface area contributed by atoms with Gasteiger partial charge in [-0.05, 0) is 125 Å². The van der Waals surface area contributed by atoms with E-state index in [1.54, 1.807) is 0 Å². The summed E-state index contributed by atoms with van der Waals surface area (Å²) < 4.78 is 12.4. The van der Waals surface area contributed by atoms with E-state index in [0.29, 0.717) is 46.6 Å². The molecular formula is C30H49FO2. The van der Waals surface area contributed by atoms with Crippen molar-refractivity contribution in [2.45, 2.75) is 135 Å². The SMILES string of the molecule is CCC(=O)CCC12CCC([C@H]3CC[C@H](C(=O)C[C@H]4CC[C@H](CCCF)CC4)CC3)(CC1)CC2. The number of hydrogen-bond acceptors (Lipinski definition) is 2. The van der Waals surface area contributed by atoms with Crippen molar-refractivity contribution in [1.29, 1.82) is 0 Å². The van der Waals surface area contributed by atoms with Gasteiger partial charge in [0.05, 0.1) is 6.67 Å². The van der Waals surface area contributed by atoms with E-state index in [2.05, 4.69) is 0 Å². The first-order valence-electron chi connectivity index (χ1n) is 14.6. The maximum atomic E-state index is 13.1. The summed E-state index contributed by atoms with van der Waals surface area (Å²) in [6, 6.07) is 0. The van der Waals surface area contributed by atoms with Crippen molar-refractivity contribution in [2.75, 3.05) is 6.67 Å². The van der Waals surface area contributed by atoms with Crippen LogP contribution in [0.1, 0.15) is 135 Å². The molecular weight excluding hydrogens is 411 g/mol. The molecule has 0 spiro atoms. The van der Waals surface area contributed by atoms with Crippen LogP contribution < -0.4 is 0 Å². The smallest absolute Gasteiger partial charge is 0.136 e. The first-order valence-corrected chi connectivity index (χ1v) is 14.6. The van der Waals surface area contributed by atoms with E-state index in [1.807, 2.05) is 6.92 Å². The Kier molecular flexibility index (Phi) is 8.71. The first-order chi connectivity index (χ1) is 16.0. The summed E-state index contributed by atoms with van der Waals surface area (Å²) in [5.74, 6) is 3.47. The third-order valence-corrected chi connectivity index (χ3v) is 11.0. The molecule has 3 heteroatoms. The second-order valence-electron chi connectivity index (χ2n) is 12.7. The maximum absolute atomic E-state index is 13.1. The summed E-state index contributed by atoms with van der Waals surface area (Å²) in [4.78, 5) is 24.9. The van der Waals surface area contributed by atoms with E-state index < -0.39 is 0 Å². The molecule has 0 aromatic heterocycles. The molecule has 2 nitrogen and oxygen atoms in total. The molecule has 0 aromatic rings. The van der Waals surface area contributed by atoms with Gasteiger partial charge >= 0.3 is 0 Å². The Morgan fingerprint density at radius 3 is 2.00 bits per heavy atom. The molecule has 188 valence electrons. The minimum Gasteiger partial charge on any atom is -0.300 e. The minimum absolute atomic E-state index is 0.177. The lowest BCUT2D eigenvalue weighted by Crippen LogP contribution is -2.46. The zero-order valence-corrected chi connectivity index (χ0v) is 21.4. The number of ketones is 2. The second kappa shape index (κ2) is 11.3. The zero-order valence-electron chi connectivity index (χ0n) is 21.4. The Balaban J connectivity index is 1.18. The number of alkyl halides is 1. The fourth-order valence-corrected chi connectivity index (χ4v) is 8.43. The van der Waals surface area contributed by atoms with Gasteiger partial charge in [0, 0.05) is 25.2 Å². The Hall–Kier alpha value is -0.730. The quantitative estimate of drug-likeness (QED) is 0.310. The summed E-state index contributed by atoms with van der Waals surface area (Å²) in [6.07, 6.45) is 23.0. The van der Waals surface area contributed by atoms with Gasteiger partial charge in [0.2, 0.25) is 0 Å². The molecule has 0 aromatic carbocycles. The lowest BCUT2D eigenvalue weighted by Gasteiger charge is -2.58. The van der Waals surface area contributed by atoms with Crippen molar-refractivity contribution < 1.29 is 14.0 Å². The van der Waals surface area contributed by atoms with Crippen LogP contribution in [0.4, 0.5) is 4.39 Å². The number of hydrogen-bond donors (Lipinski definition) is 0. The third-order valence-electron chi connectivity index (χ3n) is 11.0. The molecule has 0 amide bonds. The second-order valence-corrected chi connectivity index (χ2v) is 12.7. The van der Waals surface area contributed by atoms with Gasteiger partial charge in [0.1, 0.15) is 11.6 Å². The Morgan fingerprint density at radius 2 is 1.42 bits per heavy atom. The van der Waals surface area contributed by atoms with Crippen molar-refractivity contribution in [3.05, 3.63) is 0 Å². The van der Waals surface area contributed by atoms with Gasteiger partial charge in [-0.1, -0.05) is 19.8 Å². The van der Waals surface area contributed by atoms with Crippen LogP contribution in [0.15, 0.2) is 0 Å². The predicted molar refractivity (Wildman–Crippen MR) is 133 cm³/mol. The number of fused-ring (bicyclic) bond motifs is 3. The maximum Gasteiger partial charge on any atom is 0.136 e. The zero-order chi connectivity index (χ0) is 23.3. The van der Waals surface area contributed by atoms with Crippen LogP contribution in [0.3, 0.4) is 0 Å². The molecule has 5 aliphatic rings. The average Bonchev–Trinajstić information content (AvgIpc) is 2.88. The van der Waals surface area contributed by atoms with Crippen molar-refractivity contribution in [2.24, 2.45) is 34.5 Å². The van der Waals surface area contributed by atoms with E-state index >= 15 is 0 Å². The van der Waals surface area contributed by atoms with Crippen LogP contribution in [0.5, 0.6) is 0 Å². The number of carbonyl (C=O) groups is 2. The van der Waals surface area contributed by atoms with E-state index in [-0.39, 0.29) is 6.67 Å². The van der Waals surface area contributed by atoms with E-state index in [1.165, 1.54) is 77.0 Å². The van der Waals surface area contributed by atoms with Crippen molar-refractivity contribution in [1.82, 2.24) is 0 Å². The normalized spacial score (nSPS) is 38.8. The van der Waals surface area contributed by atoms with Gasteiger partial charge < -0.3 is 0 Å². The van der Waals surface area contributed by atoms with Crippen LogP contribution in [0.2, 0.25) is 0 Å². The third kappa shape index (κ3) is 6.10. The molecule has 0 heterocycles. The molecule has 5 fully saturated rings. The summed E-state index contributed by atoms with van der Waals surface area (Å²) >= 11 is 0. The lowest BCUT2D eigenvalue weighted by atomic mass is 9.47. The van der Waals surface area contributed by atoms with Gasteiger partial charge in [-0.15, -0.1) is 0 Å². The molecule has 0 saturated heterocycles. The van der Waals surface area contributed by atoms with Crippen LogP contribution in [0, 0.1) is 34.5 Å². The fraction of sp³-hybridized carbons (Fsp3) is 0.933. The van der Waals surface area contributed by atoms with Gasteiger partial charge in [-0.25, -0.2) is 0 Å². The number of rotatable bonds is 11. The Bertz CT molecular complexity index is 630. The molecule has 33 heavy (non-hydrogen) atoms. The highest BCUT2D eigenvalue weighted by Gasteiger charge is 2.52. The van der Waals surface area contributed by atoms with Crippen molar-refractivity contribution >= 4 is 11.6 Å². The van der Waals surface area contributed by atoms with E-state index in [4.69, 9.17) is 0 Å². The van der Waals surface area contributed by atoms with Crippen molar-refractivity contribution in [3.8, 4) is 0 Å². The molecule has 0 radical (unpaired) electrons. The molecule has 0 aliphatic heterocycles. The monoisotopic (exact) mass is 460 g/mol. The summed E-state index contributed by atoms with van der Waals surface area (Å²) in [6.45, 7) is 1.82. The number of Topliss-reactive ketones (excluding diaryl/α,β-unsaturated/α-hetero) is 2. The van der Waals surface area contributed by atoms with Crippen LogP contribution in [-0.2, 0) is 9.59 Å². The van der Waals surface area contributed by atoms with Gasteiger partial charge in [-0.3, -0.25) is 14.0 Å².